The maximum atomic E-state index is 14.4. The van der Waals surface area contributed by atoms with E-state index >= 15 is 0 Å². The van der Waals surface area contributed by atoms with Gasteiger partial charge >= 0.3 is 11.8 Å². The molecule has 3 aliphatic heterocycles. The Kier molecular flexibility index (Phi) is 13.8. The Morgan fingerprint density at radius 3 is 2.22 bits per heavy atom. The number of methoxy groups -OCH3 is 1. The van der Waals surface area contributed by atoms with E-state index in [-0.39, 0.29) is 51.0 Å². The fraction of sp³-hybridized carbons (Fsp3) is 0.444. The molecule has 0 saturated carbocycles. The average Bonchev–Trinajstić information content (AvgIpc) is 3.47. The zero-order valence-corrected chi connectivity index (χ0v) is 34.9. The van der Waals surface area contributed by atoms with Gasteiger partial charge in [0.05, 0.1) is 41.2 Å². The first kappa shape index (κ1) is 44.7. The SMILES string of the molecule is CO[C@@H]1C=CO[C@@]2(C)Oc3c(C)c(O)c4c(O)c(c(CNCc5ccccc5)c(O)c4c3C2=O)NC(=O)C(C)=CC=C[C@H](C)[C@H](O)[C@H](C)[C@H](O)[C@H](C)[C@H](OC(C)=O)[C@@H]1C. The molecule has 6 rings (SSSR count). The van der Waals surface area contributed by atoms with Gasteiger partial charge in [-0.2, -0.15) is 0 Å². The van der Waals surface area contributed by atoms with Gasteiger partial charge in [0.25, 0.3) is 11.7 Å². The number of allylic oxidation sites excluding steroid dienone is 2. The van der Waals surface area contributed by atoms with E-state index in [1.165, 1.54) is 53.2 Å². The Labute approximate surface area is 344 Å². The number of aromatic hydroxyl groups is 3. The molecule has 0 aliphatic carbocycles. The van der Waals surface area contributed by atoms with E-state index in [0.717, 1.165) is 5.56 Å². The lowest BCUT2D eigenvalue weighted by Crippen LogP contribution is -2.46. The molecule has 0 fully saturated rings. The monoisotopic (exact) mass is 816 g/mol. The predicted octanol–water partition coefficient (Wildman–Crippen LogP) is 6.04. The lowest BCUT2D eigenvalue weighted by molar-refractivity contribution is -0.160. The summed E-state index contributed by atoms with van der Waals surface area (Å²) in [7, 11) is 1.44. The summed E-state index contributed by atoms with van der Waals surface area (Å²) in [5.74, 6) is -8.14. The van der Waals surface area contributed by atoms with Crippen LogP contribution in [-0.2, 0) is 36.9 Å². The van der Waals surface area contributed by atoms with E-state index in [1.807, 2.05) is 30.3 Å². The molecular weight excluding hydrogens is 760 g/mol. The molecule has 318 valence electrons. The fourth-order valence-electron chi connectivity index (χ4n) is 7.89. The summed E-state index contributed by atoms with van der Waals surface area (Å²) in [5, 5.41) is 63.8. The Balaban J connectivity index is 1.68. The normalized spacial score (nSPS) is 27.9. The first-order chi connectivity index (χ1) is 27.8. The highest BCUT2D eigenvalue weighted by molar-refractivity contribution is 6.22. The minimum atomic E-state index is -2.03. The fourth-order valence-corrected chi connectivity index (χ4v) is 7.89. The summed E-state index contributed by atoms with van der Waals surface area (Å²) in [5.41, 5.74) is 0.853. The molecule has 59 heavy (non-hydrogen) atoms. The quantitative estimate of drug-likeness (QED) is 0.0860. The highest BCUT2D eigenvalue weighted by Crippen LogP contribution is 2.55. The molecule has 7 N–H and O–H groups in total. The van der Waals surface area contributed by atoms with Crippen LogP contribution in [-0.4, -0.2) is 80.5 Å². The van der Waals surface area contributed by atoms with Gasteiger partial charge < -0.3 is 55.1 Å². The number of aliphatic hydroxyl groups excluding tert-OH is 2. The number of benzene rings is 3. The Hall–Kier alpha value is -5.41. The summed E-state index contributed by atoms with van der Waals surface area (Å²) < 4.78 is 23.6. The zero-order chi connectivity index (χ0) is 43.5. The molecule has 14 heteroatoms. The number of nitrogens with one attached hydrogen (secondary N) is 2. The smallest absolute Gasteiger partial charge is 0.312 e. The summed E-state index contributed by atoms with van der Waals surface area (Å²) >= 11 is 0. The molecular formula is C45H56N2O12. The Morgan fingerprint density at radius 2 is 1.58 bits per heavy atom. The van der Waals surface area contributed by atoms with Gasteiger partial charge in [0, 0.05) is 79.8 Å². The standard InChI is InChI=1S/C45H56N2O12/c1-22-14-13-15-23(2)44(55)47-35-30(21-46-20-29-16-11-10-12-17-29)39(52)32-33(40(35)53)38(51)27(6)42-34(32)43(54)45(8,59-42)57-19-18-31(56-9)24(3)41(58-28(7)48)26(5)37(50)25(4)36(22)49/h10-19,22,24-26,31,36-37,41,46,49-53H,20-21H2,1-9H3,(H,47,55)/t22-,24+,25-,26-,31+,36-,37-,41+,45-/m0/s1. The van der Waals surface area contributed by atoms with Crippen LogP contribution in [0.15, 0.2) is 66.5 Å². The van der Waals surface area contributed by atoms with Crippen LogP contribution < -0.4 is 15.4 Å². The van der Waals surface area contributed by atoms with E-state index in [4.69, 9.17) is 18.9 Å². The van der Waals surface area contributed by atoms with Crippen LogP contribution in [0, 0.1) is 30.6 Å². The average molecular weight is 817 g/mol. The molecule has 3 aliphatic rings. The minimum Gasteiger partial charge on any atom is -0.507 e. The number of phenolic OH excluding ortho intramolecular Hbond substituents is 3. The molecule has 9 atom stereocenters. The molecule has 3 aromatic rings. The number of fused-ring (bicyclic) bond motifs is 14. The predicted molar refractivity (Wildman–Crippen MR) is 221 cm³/mol. The maximum Gasteiger partial charge on any atom is 0.312 e. The molecule has 0 radical (unpaired) electrons. The summed E-state index contributed by atoms with van der Waals surface area (Å²) in [6.45, 7) is 12.8. The Bertz CT molecular complexity index is 2170. The first-order valence-corrected chi connectivity index (χ1v) is 19.7. The molecule has 0 spiro atoms. The van der Waals surface area contributed by atoms with Gasteiger partial charge in [0.15, 0.2) is 5.75 Å². The second-order valence-electron chi connectivity index (χ2n) is 15.8. The number of phenols is 3. The van der Waals surface area contributed by atoms with Crippen LogP contribution in [0.25, 0.3) is 10.8 Å². The molecule has 14 nitrogen and oxygen atoms in total. The number of ether oxygens (including phenoxy) is 4. The molecule has 3 aromatic carbocycles. The van der Waals surface area contributed by atoms with Gasteiger partial charge in [-0.1, -0.05) is 76.3 Å². The van der Waals surface area contributed by atoms with Crippen molar-refractivity contribution in [1.82, 2.24) is 5.32 Å². The number of carbonyl (C=O) groups excluding carboxylic acids is 3. The van der Waals surface area contributed by atoms with Crippen LogP contribution >= 0.6 is 0 Å². The summed E-state index contributed by atoms with van der Waals surface area (Å²) in [4.78, 5) is 40.5. The number of rotatable bonds is 6. The third-order valence-electron chi connectivity index (χ3n) is 11.6. The molecule has 0 saturated heterocycles. The van der Waals surface area contributed by atoms with E-state index in [9.17, 15) is 39.9 Å². The van der Waals surface area contributed by atoms with Crippen LogP contribution in [0.1, 0.15) is 75.5 Å². The van der Waals surface area contributed by atoms with Crippen molar-refractivity contribution in [3.05, 3.63) is 88.7 Å². The number of hydrogen-bond donors (Lipinski definition) is 7. The minimum absolute atomic E-state index is 0.0301. The second kappa shape index (κ2) is 18.2. The summed E-state index contributed by atoms with van der Waals surface area (Å²) in [6.07, 6.45) is 3.61. The number of ketones is 1. The van der Waals surface area contributed by atoms with Crippen LogP contribution in [0.2, 0.25) is 0 Å². The van der Waals surface area contributed by atoms with Gasteiger partial charge in [-0.05, 0) is 25.5 Å². The highest BCUT2D eigenvalue weighted by Gasteiger charge is 2.50. The van der Waals surface area contributed by atoms with Crippen molar-refractivity contribution in [2.24, 2.45) is 23.7 Å². The maximum absolute atomic E-state index is 14.4. The van der Waals surface area contributed by atoms with Crippen molar-refractivity contribution in [2.45, 2.75) is 98.7 Å². The van der Waals surface area contributed by atoms with E-state index < -0.39 is 88.8 Å². The van der Waals surface area contributed by atoms with Gasteiger partial charge in [-0.3, -0.25) is 14.4 Å². The topological polar surface area (TPSA) is 213 Å². The van der Waals surface area contributed by atoms with Crippen LogP contribution in [0.3, 0.4) is 0 Å². The first-order valence-electron chi connectivity index (χ1n) is 19.7. The second-order valence-corrected chi connectivity index (χ2v) is 15.8. The van der Waals surface area contributed by atoms with E-state index in [0.29, 0.717) is 6.54 Å². The number of esters is 1. The number of carbonyl (C=O) groups is 3. The van der Waals surface area contributed by atoms with Crippen molar-refractivity contribution in [3.8, 4) is 23.0 Å². The van der Waals surface area contributed by atoms with Gasteiger partial charge in [-0.25, -0.2) is 0 Å². The third kappa shape index (κ3) is 8.96. The van der Waals surface area contributed by atoms with E-state index in [2.05, 4.69) is 10.6 Å². The lowest BCUT2D eigenvalue weighted by atomic mass is 9.78. The van der Waals surface area contributed by atoms with Crippen LogP contribution in [0.5, 0.6) is 23.0 Å². The number of hydrogen-bond acceptors (Lipinski definition) is 13. The van der Waals surface area contributed by atoms with Crippen molar-refractivity contribution in [2.75, 3.05) is 12.4 Å². The van der Waals surface area contributed by atoms with Crippen molar-refractivity contribution in [1.29, 1.82) is 0 Å². The molecule has 0 unspecified atom stereocenters. The molecule has 1 amide bonds. The van der Waals surface area contributed by atoms with Gasteiger partial charge in [-0.15, -0.1) is 0 Å². The van der Waals surface area contributed by atoms with Gasteiger partial charge in [0.1, 0.15) is 23.4 Å². The Morgan fingerprint density at radius 1 is 0.898 bits per heavy atom. The van der Waals surface area contributed by atoms with Crippen molar-refractivity contribution >= 4 is 34.1 Å². The number of aliphatic hydroxyl groups is 2. The van der Waals surface area contributed by atoms with Gasteiger partial charge in [0.2, 0.25) is 0 Å². The third-order valence-corrected chi connectivity index (χ3v) is 11.6. The number of Topliss-reactive ketones (excluding diaryl/α,β-unsaturated/α-hetero) is 1. The molecule has 5 bridgehead atoms. The number of amides is 1. The van der Waals surface area contributed by atoms with Crippen molar-refractivity contribution in [3.63, 3.8) is 0 Å². The van der Waals surface area contributed by atoms with Crippen LogP contribution in [0.4, 0.5) is 5.69 Å². The largest absolute Gasteiger partial charge is 0.507 e. The highest BCUT2D eigenvalue weighted by atomic mass is 16.7. The molecule has 0 aromatic heterocycles. The number of anilines is 1. The summed E-state index contributed by atoms with van der Waals surface area (Å²) in [6, 6.07) is 9.42. The zero-order valence-electron chi connectivity index (χ0n) is 34.9. The van der Waals surface area contributed by atoms with E-state index in [1.54, 1.807) is 39.8 Å². The molecule has 3 heterocycles. The lowest BCUT2D eigenvalue weighted by Gasteiger charge is -2.38. The van der Waals surface area contributed by atoms with Crippen molar-refractivity contribution < 1.29 is 58.9 Å².